The quantitative estimate of drug-likeness (QED) is 0.315. The fourth-order valence-corrected chi connectivity index (χ4v) is 3.79. The molecule has 0 fully saturated rings. The molecule has 1 heterocycles. The van der Waals surface area contributed by atoms with Crippen LogP contribution in [0.5, 0.6) is 5.75 Å². The molecule has 0 bridgehead atoms. The Kier molecular flexibility index (Phi) is 6.62. The van der Waals surface area contributed by atoms with E-state index in [1.807, 2.05) is 75.4 Å². The minimum Gasteiger partial charge on any atom is -0.489 e. The highest BCUT2D eigenvalue weighted by Gasteiger charge is 2.22. The molecule has 4 rings (SSSR count). The second-order valence-electron chi connectivity index (χ2n) is 8.84. The lowest BCUT2D eigenvalue weighted by Gasteiger charge is -2.20. The van der Waals surface area contributed by atoms with Crippen molar-refractivity contribution in [3.63, 3.8) is 0 Å². The van der Waals surface area contributed by atoms with Crippen LogP contribution >= 0.6 is 15.9 Å². The van der Waals surface area contributed by atoms with E-state index in [2.05, 4.69) is 27.1 Å². The lowest BCUT2D eigenvalue weighted by molar-refractivity contribution is 0.306. The van der Waals surface area contributed by atoms with Crippen molar-refractivity contribution < 1.29 is 4.74 Å². The number of ether oxygens (including phenoxy) is 1. The van der Waals surface area contributed by atoms with Gasteiger partial charge in [-0.05, 0) is 54.1 Å². The van der Waals surface area contributed by atoms with Crippen molar-refractivity contribution in [1.82, 2.24) is 9.66 Å². The molecule has 4 aromatic rings. The Bertz CT molecular complexity index is 1480. The van der Waals surface area contributed by atoms with E-state index in [-0.39, 0.29) is 11.0 Å². The van der Waals surface area contributed by atoms with E-state index in [0.29, 0.717) is 34.6 Å². The lowest BCUT2D eigenvalue weighted by atomic mass is 9.95. The number of nitrogens with zero attached hydrogens (tertiary/aromatic N) is 4. The molecule has 34 heavy (non-hydrogen) atoms. The first-order chi connectivity index (χ1) is 16.3. The Morgan fingerprint density at radius 3 is 2.56 bits per heavy atom. The van der Waals surface area contributed by atoms with Crippen molar-refractivity contribution in [2.24, 2.45) is 5.10 Å². The van der Waals surface area contributed by atoms with E-state index in [1.165, 1.54) is 4.68 Å². The molecule has 7 heteroatoms. The van der Waals surface area contributed by atoms with E-state index < -0.39 is 0 Å². The van der Waals surface area contributed by atoms with Crippen molar-refractivity contribution in [2.45, 2.75) is 32.8 Å². The van der Waals surface area contributed by atoms with Gasteiger partial charge in [0.25, 0.3) is 5.56 Å². The maximum Gasteiger partial charge on any atom is 0.282 e. The third-order valence-electron chi connectivity index (χ3n) is 5.21. The Balaban J connectivity index is 1.60. The van der Waals surface area contributed by atoms with Crippen LogP contribution in [-0.2, 0) is 12.0 Å². The van der Waals surface area contributed by atoms with Crippen molar-refractivity contribution >= 4 is 33.0 Å². The zero-order valence-electron chi connectivity index (χ0n) is 19.1. The molecular formula is C27H23BrN4O2. The number of hydrogen-bond acceptors (Lipinski definition) is 5. The SMILES string of the molecule is CC(C)(C)c1nc2ccc(Br)cc2c(=O)n1N=Cc1ccc(OCc2ccccc2C#N)cc1. The monoisotopic (exact) mass is 514 g/mol. The molecular weight excluding hydrogens is 492 g/mol. The number of hydrogen-bond donors (Lipinski definition) is 0. The number of aromatic nitrogens is 2. The topological polar surface area (TPSA) is 80.3 Å². The second-order valence-corrected chi connectivity index (χ2v) is 9.75. The van der Waals surface area contributed by atoms with Crippen LogP contribution in [0.15, 0.2) is 81.1 Å². The van der Waals surface area contributed by atoms with E-state index in [4.69, 9.17) is 9.72 Å². The van der Waals surface area contributed by atoms with E-state index in [9.17, 15) is 10.1 Å². The summed E-state index contributed by atoms with van der Waals surface area (Å²) >= 11 is 3.43. The number of halogens is 1. The largest absolute Gasteiger partial charge is 0.489 e. The van der Waals surface area contributed by atoms with Gasteiger partial charge in [-0.15, -0.1) is 0 Å². The first kappa shape index (κ1) is 23.4. The van der Waals surface area contributed by atoms with Gasteiger partial charge < -0.3 is 4.74 Å². The fourth-order valence-electron chi connectivity index (χ4n) is 3.43. The molecule has 0 saturated heterocycles. The summed E-state index contributed by atoms with van der Waals surface area (Å²) in [6, 6.07) is 22.4. The summed E-state index contributed by atoms with van der Waals surface area (Å²) in [6.45, 7) is 6.31. The molecule has 0 atom stereocenters. The molecule has 0 radical (unpaired) electrons. The third-order valence-corrected chi connectivity index (χ3v) is 5.71. The van der Waals surface area contributed by atoms with Gasteiger partial charge in [0.2, 0.25) is 0 Å². The van der Waals surface area contributed by atoms with Gasteiger partial charge in [-0.2, -0.15) is 15.0 Å². The van der Waals surface area contributed by atoms with Gasteiger partial charge in [0.15, 0.2) is 0 Å². The summed E-state index contributed by atoms with van der Waals surface area (Å²) in [5.41, 5.74) is 2.29. The van der Waals surface area contributed by atoms with Crippen LogP contribution in [0, 0.1) is 11.3 Å². The van der Waals surface area contributed by atoms with Crippen LogP contribution in [-0.4, -0.2) is 15.9 Å². The maximum atomic E-state index is 13.2. The normalized spacial score (nSPS) is 11.6. The second kappa shape index (κ2) is 9.62. The smallest absolute Gasteiger partial charge is 0.282 e. The van der Waals surface area contributed by atoms with E-state index in [0.717, 1.165) is 15.6 Å². The highest BCUT2D eigenvalue weighted by molar-refractivity contribution is 9.10. The number of benzene rings is 3. The molecule has 0 aliphatic carbocycles. The highest BCUT2D eigenvalue weighted by Crippen LogP contribution is 2.23. The van der Waals surface area contributed by atoms with Crippen LogP contribution in [0.25, 0.3) is 10.9 Å². The summed E-state index contributed by atoms with van der Waals surface area (Å²) in [5.74, 6) is 1.26. The molecule has 0 aliphatic heterocycles. The standard InChI is InChI=1S/C27H23BrN4O2/c1-27(2,3)26-31-24-13-10-21(28)14-23(24)25(33)32(26)30-16-18-8-11-22(12-9-18)34-17-20-7-5-4-6-19(20)15-29/h4-14,16H,17H2,1-3H3. The summed E-state index contributed by atoms with van der Waals surface area (Å²) in [7, 11) is 0. The van der Waals surface area contributed by atoms with Crippen molar-refractivity contribution in [3.8, 4) is 11.8 Å². The first-order valence-corrected chi connectivity index (χ1v) is 11.5. The minimum atomic E-state index is -0.380. The van der Waals surface area contributed by atoms with Crippen LogP contribution in [0.4, 0.5) is 0 Å². The van der Waals surface area contributed by atoms with Gasteiger partial charge in [0.1, 0.15) is 18.2 Å². The van der Waals surface area contributed by atoms with Gasteiger partial charge in [-0.1, -0.05) is 54.9 Å². The fraction of sp³-hybridized carbons (Fsp3) is 0.185. The van der Waals surface area contributed by atoms with Crippen LogP contribution in [0.1, 0.15) is 43.3 Å². The number of fused-ring (bicyclic) bond motifs is 1. The van der Waals surface area contributed by atoms with Crippen molar-refractivity contribution in [3.05, 3.63) is 104 Å². The Hall–Kier alpha value is -3.76. The van der Waals surface area contributed by atoms with Crippen LogP contribution in [0.3, 0.4) is 0 Å². The summed E-state index contributed by atoms with van der Waals surface area (Å²) in [6.07, 6.45) is 1.64. The van der Waals surface area contributed by atoms with Crippen LogP contribution in [0.2, 0.25) is 0 Å². The van der Waals surface area contributed by atoms with E-state index in [1.54, 1.807) is 18.3 Å². The van der Waals surface area contributed by atoms with Crippen molar-refractivity contribution in [2.75, 3.05) is 0 Å². The number of nitriles is 1. The molecule has 1 aromatic heterocycles. The van der Waals surface area contributed by atoms with Crippen LogP contribution < -0.4 is 10.3 Å². The minimum absolute atomic E-state index is 0.219. The average Bonchev–Trinajstić information content (AvgIpc) is 2.82. The van der Waals surface area contributed by atoms with E-state index >= 15 is 0 Å². The Morgan fingerprint density at radius 1 is 1.12 bits per heavy atom. The molecule has 0 saturated carbocycles. The predicted molar refractivity (Wildman–Crippen MR) is 137 cm³/mol. The molecule has 0 aliphatic rings. The molecule has 3 aromatic carbocycles. The van der Waals surface area contributed by atoms with Gasteiger partial charge >= 0.3 is 0 Å². The molecule has 0 spiro atoms. The molecule has 0 amide bonds. The van der Waals surface area contributed by atoms with Gasteiger partial charge in [0.05, 0.1) is 28.8 Å². The molecule has 6 nitrogen and oxygen atoms in total. The summed E-state index contributed by atoms with van der Waals surface area (Å²) < 4.78 is 8.01. The average molecular weight is 515 g/mol. The van der Waals surface area contributed by atoms with Gasteiger partial charge in [-0.3, -0.25) is 4.79 Å². The molecule has 0 N–H and O–H groups in total. The molecule has 170 valence electrons. The molecule has 0 unspecified atom stereocenters. The predicted octanol–water partition coefficient (Wildman–Crippen LogP) is 5.79. The summed E-state index contributed by atoms with van der Waals surface area (Å²) in [5, 5.41) is 14.2. The van der Waals surface area contributed by atoms with Gasteiger partial charge in [-0.25, -0.2) is 4.98 Å². The Morgan fingerprint density at radius 2 is 1.85 bits per heavy atom. The number of rotatable bonds is 5. The third kappa shape index (κ3) is 5.08. The van der Waals surface area contributed by atoms with Crippen molar-refractivity contribution in [1.29, 1.82) is 5.26 Å². The zero-order chi connectivity index (χ0) is 24.3. The highest BCUT2D eigenvalue weighted by atomic mass is 79.9. The summed E-state index contributed by atoms with van der Waals surface area (Å²) in [4.78, 5) is 18.0. The Labute approximate surface area is 206 Å². The lowest BCUT2D eigenvalue weighted by Crippen LogP contribution is -2.29. The first-order valence-electron chi connectivity index (χ1n) is 10.7. The zero-order valence-corrected chi connectivity index (χ0v) is 20.7. The maximum absolute atomic E-state index is 13.2. The van der Waals surface area contributed by atoms with Gasteiger partial charge in [0, 0.05) is 15.5 Å².